The topological polar surface area (TPSA) is 223 Å². The summed E-state index contributed by atoms with van der Waals surface area (Å²) in [6.07, 6.45) is 2.26. The van der Waals surface area contributed by atoms with Crippen LogP contribution in [0.25, 0.3) is 0 Å². The van der Waals surface area contributed by atoms with Crippen LogP contribution >= 0.6 is 0 Å². The van der Waals surface area contributed by atoms with E-state index in [9.17, 15) is 39.0 Å². The maximum absolute atomic E-state index is 13.7. The molecule has 1 saturated carbocycles. The van der Waals surface area contributed by atoms with Crippen LogP contribution in [0.1, 0.15) is 99.2 Å². The van der Waals surface area contributed by atoms with E-state index < -0.39 is 84.7 Å². The van der Waals surface area contributed by atoms with Crippen LogP contribution < -0.4 is 26.6 Å². The average molecular weight is 828 g/mol. The van der Waals surface area contributed by atoms with Gasteiger partial charge in [-0.05, 0) is 53.5 Å². The summed E-state index contributed by atoms with van der Waals surface area (Å²) in [7, 11) is 0. The van der Waals surface area contributed by atoms with Crippen molar-refractivity contribution >= 4 is 35.5 Å². The van der Waals surface area contributed by atoms with Gasteiger partial charge in [-0.2, -0.15) is 0 Å². The zero-order valence-corrected chi connectivity index (χ0v) is 34.8. The van der Waals surface area contributed by atoms with Crippen molar-refractivity contribution < 1.29 is 44.1 Å². The van der Waals surface area contributed by atoms with E-state index in [4.69, 9.17) is 5.11 Å². The van der Waals surface area contributed by atoms with Crippen LogP contribution in [0.4, 0.5) is 0 Å². The second-order valence-corrected chi connectivity index (χ2v) is 16.2. The molecule has 6 atom stereocenters. The summed E-state index contributed by atoms with van der Waals surface area (Å²) in [5.41, 5.74) is 2.43. The first kappa shape index (κ1) is 47.1. The molecule has 14 nitrogen and oxygen atoms in total. The second kappa shape index (κ2) is 23.9. The minimum Gasteiger partial charge on any atom is -0.478 e. The van der Waals surface area contributed by atoms with Gasteiger partial charge in [-0.15, -0.1) is 0 Å². The van der Waals surface area contributed by atoms with Gasteiger partial charge in [-0.1, -0.05) is 119 Å². The second-order valence-electron chi connectivity index (χ2n) is 16.2. The Bertz CT molecular complexity index is 1850. The van der Waals surface area contributed by atoms with Crippen molar-refractivity contribution in [2.24, 2.45) is 11.8 Å². The summed E-state index contributed by atoms with van der Waals surface area (Å²) in [4.78, 5) is 77.3. The quantitative estimate of drug-likeness (QED) is 0.0741. The Balaban J connectivity index is 1.43. The molecule has 1 fully saturated rings. The Labute approximate surface area is 352 Å². The van der Waals surface area contributed by atoms with Gasteiger partial charge in [0.1, 0.15) is 12.1 Å². The Hall–Kier alpha value is -5.60. The number of aliphatic hydroxyl groups excluding tert-OH is 2. The number of benzene rings is 3. The van der Waals surface area contributed by atoms with E-state index >= 15 is 0 Å². The van der Waals surface area contributed by atoms with Gasteiger partial charge in [0.25, 0.3) is 0 Å². The summed E-state index contributed by atoms with van der Waals surface area (Å²) in [6.45, 7) is 4.98. The van der Waals surface area contributed by atoms with Gasteiger partial charge in [-0.25, -0.2) is 4.79 Å². The molecule has 0 heterocycles. The van der Waals surface area contributed by atoms with Gasteiger partial charge < -0.3 is 41.9 Å². The first-order chi connectivity index (χ1) is 28.7. The molecule has 0 saturated heterocycles. The smallest absolute Gasteiger partial charge is 0.335 e. The Morgan fingerprint density at radius 2 is 1.18 bits per heavy atom. The molecular weight excluding hydrogens is 767 g/mol. The standard InChI is InChI=1S/C46H61N5O9/c1-29(2)43(45(58)47-28-34-19-21-35(22-20-34)46(59)60)51-42(56)27-39(53)36(23-31-13-7-4-8-14-31)49-41(55)26-40(54)37(24-32-15-9-5-10-16-32)50-44(57)38(48-30(3)52)25-33-17-11-6-12-18-33/h5-6,9-12,15-22,29,31,36-40,43,53-54H,4,7-8,13-14,23-28H2,1-3H3,(H,47,58)(H,48,52)(H,49,55)(H,50,57)(H,51,56)(H,59,60)/t36-,37-,38-,39-,40-,43-/m0/s1. The van der Waals surface area contributed by atoms with Crippen molar-refractivity contribution in [3.8, 4) is 0 Å². The fraction of sp³-hybridized carbons (Fsp3) is 0.478. The number of aromatic carboxylic acids is 1. The monoisotopic (exact) mass is 827 g/mol. The van der Waals surface area contributed by atoms with E-state index in [0.29, 0.717) is 12.0 Å². The number of carbonyl (C=O) groups is 6. The third kappa shape index (κ3) is 15.9. The highest BCUT2D eigenvalue weighted by Gasteiger charge is 2.33. The molecule has 4 rings (SSSR count). The number of aliphatic hydroxyl groups is 2. The van der Waals surface area contributed by atoms with Gasteiger partial charge in [0.15, 0.2) is 0 Å². The maximum Gasteiger partial charge on any atom is 0.335 e. The van der Waals surface area contributed by atoms with Crippen LogP contribution in [-0.4, -0.2) is 87.2 Å². The van der Waals surface area contributed by atoms with Gasteiger partial charge in [0.05, 0.1) is 42.7 Å². The summed E-state index contributed by atoms with van der Waals surface area (Å²) in [6, 6.07) is 20.8. The summed E-state index contributed by atoms with van der Waals surface area (Å²) < 4.78 is 0. The molecule has 0 bridgehead atoms. The van der Waals surface area contributed by atoms with Crippen molar-refractivity contribution in [1.82, 2.24) is 26.6 Å². The van der Waals surface area contributed by atoms with Gasteiger partial charge >= 0.3 is 5.97 Å². The number of carboxylic acid groups (broad SMARTS) is 1. The molecule has 3 aromatic rings. The molecule has 1 aliphatic rings. The zero-order valence-electron chi connectivity index (χ0n) is 34.8. The SMILES string of the molecule is CC(=O)N[C@@H](Cc1ccccc1)C(=O)N[C@@H](Cc1ccccc1)[C@@H](O)CC(=O)N[C@@H](CC1CCCCC1)[C@@H](O)CC(=O)N[C@H](C(=O)NCc1ccc(C(=O)O)cc1)C(C)C. The van der Waals surface area contributed by atoms with Crippen LogP contribution in [-0.2, 0) is 43.4 Å². The molecule has 14 heteroatoms. The number of hydrogen-bond donors (Lipinski definition) is 8. The summed E-state index contributed by atoms with van der Waals surface area (Å²) in [5, 5.41) is 46.2. The number of carboxylic acids is 1. The molecule has 0 radical (unpaired) electrons. The molecule has 3 aromatic carbocycles. The van der Waals surface area contributed by atoms with Crippen LogP contribution in [0.3, 0.4) is 0 Å². The fourth-order valence-electron chi connectivity index (χ4n) is 7.59. The highest BCUT2D eigenvalue weighted by molar-refractivity contribution is 5.89. The van der Waals surface area contributed by atoms with E-state index in [1.807, 2.05) is 60.7 Å². The number of nitrogens with one attached hydrogen (secondary N) is 5. The first-order valence-electron chi connectivity index (χ1n) is 20.9. The first-order valence-corrected chi connectivity index (χ1v) is 20.9. The predicted molar refractivity (Wildman–Crippen MR) is 226 cm³/mol. The lowest BCUT2D eigenvalue weighted by Crippen LogP contribution is -2.55. The van der Waals surface area contributed by atoms with E-state index in [0.717, 1.165) is 43.2 Å². The molecular formula is C46H61N5O9. The Morgan fingerprint density at radius 3 is 1.73 bits per heavy atom. The normalized spacial score (nSPS) is 16.0. The molecule has 0 aromatic heterocycles. The molecule has 0 aliphatic heterocycles. The third-order valence-electron chi connectivity index (χ3n) is 10.9. The van der Waals surface area contributed by atoms with Crippen molar-refractivity contribution in [2.75, 3.05) is 0 Å². The molecule has 0 unspecified atom stereocenters. The van der Waals surface area contributed by atoms with Gasteiger partial charge in [-0.3, -0.25) is 24.0 Å². The lowest BCUT2D eigenvalue weighted by Gasteiger charge is -2.31. The van der Waals surface area contributed by atoms with Gasteiger partial charge in [0, 0.05) is 19.9 Å². The minimum atomic E-state index is -1.36. The van der Waals surface area contributed by atoms with Crippen molar-refractivity contribution in [2.45, 2.75) is 128 Å². The Kier molecular flexibility index (Phi) is 18.7. The van der Waals surface area contributed by atoms with Crippen LogP contribution in [0.15, 0.2) is 84.9 Å². The highest BCUT2D eigenvalue weighted by Crippen LogP contribution is 2.28. The molecule has 60 heavy (non-hydrogen) atoms. The molecule has 8 N–H and O–H groups in total. The predicted octanol–water partition coefficient (Wildman–Crippen LogP) is 3.57. The van der Waals surface area contributed by atoms with Crippen molar-refractivity contribution in [3.05, 3.63) is 107 Å². The molecule has 5 amide bonds. The van der Waals surface area contributed by atoms with Crippen LogP contribution in [0.2, 0.25) is 0 Å². The molecule has 0 spiro atoms. The van der Waals surface area contributed by atoms with Crippen molar-refractivity contribution in [1.29, 1.82) is 0 Å². The fourth-order valence-corrected chi connectivity index (χ4v) is 7.59. The third-order valence-corrected chi connectivity index (χ3v) is 10.9. The Morgan fingerprint density at radius 1 is 0.633 bits per heavy atom. The minimum absolute atomic E-state index is 0.112. The number of amides is 5. The lowest BCUT2D eigenvalue weighted by molar-refractivity contribution is -0.132. The van der Waals surface area contributed by atoms with Gasteiger partial charge in [0.2, 0.25) is 29.5 Å². The van der Waals surface area contributed by atoms with E-state index in [2.05, 4.69) is 26.6 Å². The lowest BCUT2D eigenvalue weighted by atomic mass is 9.83. The van der Waals surface area contributed by atoms with E-state index in [1.54, 1.807) is 26.0 Å². The summed E-state index contributed by atoms with van der Waals surface area (Å²) in [5.74, 6) is -3.69. The summed E-state index contributed by atoms with van der Waals surface area (Å²) >= 11 is 0. The highest BCUT2D eigenvalue weighted by atomic mass is 16.4. The van der Waals surface area contributed by atoms with E-state index in [-0.39, 0.29) is 36.8 Å². The molecule has 324 valence electrons. The average Bonchev–Trinajstić information content (AvgIpc) is 3.22. The largest absolute Gasteiger partial charge is 0.478 e. The number of carbonyl (C=O) groups excluding carboxylic acids is 5. The molecule has 1 aliphatic carbocycles. The zero-order chi connectivity index (χ0) is 43.6. The van der Waals surface area contributed by atoms with Crippen LogP contribution in [0.5, 0.6) is 0 Å². The van der Waals surface area contributed by atoms with Crippen LogP contribution in [0, 0.1) is 11.8 Å². The van der Waals surface area contributed by atoms with E-state index in [1.165, 1.54) is 19.1 Å². The number of rotatable bonds is 22. The van der Waals surface area contributed by atoms with Crippen molar-refractivity contribution in [3.63, 3.8) is 0 Å². The number of hydrogen-bond acceptors (Lipinski definition) is 8. The maximum atomic E-state index is 13.7.